The number of rotatable bonds is 2. The van der Waals surface area contributed by atoms with Gasteiger partial charge in [-0.05, 0) is 60.5 Å². The third-order valence-electron chi connectivity index (χ3n) is 2.46. The van der Waals surface area contributed by atoms with Crippen molar-refractivity contribution in [2.45, 2.75) is 20.8 Å². The first-order chi connectivity index (χ1) is 8.06. The van der Waals surface area contributed by atoms with Gasteiger partial charge in [0.05, 0.1) is 15.9 Å². The molecule has 0 amide bonds. The zero-order valence-electron chi connectivity index (χ0n) is 10.1. The third kappa shape index (κ3) is 2.82. The second kappa shape index (κ2) is 4.84. The van der Waals surface area contributed by atoms with Crippen LogP contribution in [0.25, 0.3) is 0 Å². The molecule has 0 aliphatic heterocycles. The van der Waals surface area contributed by atoms with E-state index in [4.69, 9.17) is 0 Å². The Hall–Kier alpha value is -1.42. The fraction of sp³-hybridized carbons (Fsp3) is 0.231. The van der Waals surface area contributed by atoms with Gasteiger partial charge in [-0.25, -0.2) is 4.98 Å². The summed E-state index contributed by atoms with van der Waals surface area (Å²) < 4.78 is 0.956. The van der Waals surface area contributed by atoms with Crippen molar-refractivity contribution in [2.24, 2.45) is 0 Å². The summed E-state index contributed by atoms with van der Waals surface area (Å²) in [5, 5.41) is 3.27. The zero-order valence-corrected chi connectivity index (χ0v) is 11.7. The third-order valence-corrected chi connectivity index (χ3v) is 3.06. The van der Waals surface area contributed by atoms with Gasteiger partial charge in [0.25, 0.3) is 0 Å². The number of hydrogen-bond donors (Lipinski definition) is 1. The van der Waals surface area contributed by atoms with Crippen LogP contribution in [0.5, 0.6) is 0 Å². The molecule has 3 nitrogen and oxygen atoms in total. The fourth-order valence-electron chi connectivity index (χ4n) is 1.57. The van der Waals surface area contributed by atoms with E-state index in [0.717, 1.165) is 32.9 Å². The molecule has 0 spiro atoms. The maximum absolute atomic E-state index is 4.41. The maximum atomic E-state index is 4.41. The summed E-state index contributed by atoms with van der Waals surface area (Å²) in [4.78, 5) is 8.76. The molecular formula is C13H14BrN3. The van der Waals surface area contributed by atoms with E-state index in [2.05, 4.69) is 31.2 Å². The predicted octanol–water partition coefficient (Wildman–Crippen LogP) is 3.91. The second-order valence-electron chi connectivity index (χ2n) is 4.05. The van der Waals surface area contributed by atoms with Crippen LogP contribution in [0.1, 0.15) is 17.0 Å². The van der Waals surface area contributed by atoms with E-state index in [1.165, 1.54) is 0 Å². The number of aromatic nitrogens is 2. The minimum Gasteiger partial charge on any atom is -0.338 e. The van der Waals surface area contributed by atoms with Crippen molar-refractivity contribution in [3.05, 3.63) is 45.8 Å². The Morgan fingerprint density at radius 2 is 1.94 bits per heavy atom. The van der Waals surface area contributed by atoms with E-state index in [1.807, 2.05) is 45.2 Å². The highest BCUT2D eigenvalue weighted by Crippen LogP contribution is 2.25. The van der Waals surface area contributed by atoms with Gasteiger partial charge in [-0.3, -0.25) is 4.98 Å². The molecule has 2 aromatic heterocycles. The number of aryl methyl sites for hydroxylation is 3. The highest BCUT2D eigenvalue weighted by atomic mass is 79.9. The summed E-state index contributed by atoms with van der Waals surface area (Å²) in [5.41, 5.74) is 4.09. The SMILES string of the molecule is Cc1cnc(Nc2ccc(C)nc2C)c(Br)c1. The van der Waals surface area contributed by atoms with Crippen LogP contribution < -0.4 is 5.32 Å². The van der Waals surface area contributed by atoms with Crippen LogP contribution in [0.3, 0.4) is 0 Å². The van der Waals surface area contributed by atoms with Crippen LogP contribution in [0, 0.1) is 20.8 Å². The molecule has 1 N–H and O–H groups in total. The lowest BCUT2D eigenvalue weighted by molar-refractivity contribution is 1.12. The molecule has 0 unspecified atom stereocenters. The molecule has 2 aromatic rings. The molecule has 2 rings (SSSR count). The van der Waals surface area contributed by atoms with Gasteiger partial charge >= 0.3 is 0 Å². The molecule has 0 saturated heterocycles. The minimum atomic E-state index is 0.810. The lowest BCUT2D eigenvalue weighted by Gasteiger charge is -2.10. The van der Waals surface area contributed by atoms with Crippen molar-refractivity contribution in [1.82, 2.24) is 9.97 Å². The van der Waals surface area contributed by atoms with Crippen molar-refractivity contribution < 1.29 is 0 Å². The summed E-state index contributed by atoms with van der Waals surface area (Å²) >= 11 is 3.50. The highest BCUT2D eigenvalue weighted by Gasteiger charge is 2.05. The van der Waals surface area contributed by atoms with Gasteiger partial charge in [-0.2, -0.15) is 0 Å². The maximum Gasteiger partial charge on any atom is 0.144 e. The van der Waals surface area contributed by atoms with Crippen molar-refractivity contribution in [3.8, 4) is 0 Å². The fourth-order valence-corrected chi connectivity index (χ4v) is 2.13. The van der Waals surface area contributed by atoms with Crippen LogP contribution in [-0.2, 0) is 0 Å². The van der Waals surface area contributed by atoms with E-state index in [9.17, 15) is 0 Å². The largest absolute Gasteiger partial charge is 0.338 e. The molecule has 0 bridgehead atoms. The molecule has 0 aromatic carbocycles. The topological polar surface area (TPSA) is 37.8 Å². The van der Waals surface area contributed by atoms with Gasteiger partial charge in [0.1, 0.15) is 5.82 Å². The highest BCUT2D eigenvalue weighted by molar-refractivity contribution is 9.10. The number of nitrogens with zero attached hydrogens (tertiary/aromatic N) is 2. The lowest BCUT2D eigenvalue weighted by atomic mass is 10.2. The summed E-state index contributed by atoms with van der Waals surface area (Å²) in [6.07, 6.45) is 1.84. The Morgan fingerprint density at radius 3 is 2.59 bits per heavy atom. The van der Waals surface area contributed by atoms with Gasteiger partial charge in [-0.15, -0.1) is 0 Å². The molecule has 4 heteroatoms. The van der Waals surface area contributed by atoms with Gasteiger partial charge in [-0.1, -0.05) is 0 Å². The van der Waals surface area contributed by atoms with E-state index in [0.29, 0.717) is 0 Å². The van der Waals surface area contributed by atoms with Crippen molar-refractivity contribution >= 4 is 27.4 Å². The Kier molecular flexibility index (Phi) is 3.43. The molecule has 0 fully saturated rings. The number of halogens is 1. The Balaban J connectivity index is 2.31. The number of anilines is 2. The Morgan fingerprint density at radius 1 is 1.18 bits per heavy atom. The van der Waals surface area contributed by atoms with Crippen molar-refractivity contribution in [3.63, 3.8) is 0 Å². The monoisotopic (exact) mass is 291 g/mol. The molecule has 2 heterocycles. The molecule has 0 saturated carbocycles. The second-order valence-corrected chi connectivity index (χ2v) is 4.91. The van der Waals surface area contributed by atoms with Gasteiger partial charge in [0.15, 0.2) is 0 Å². The van der Waals surface area contributed by atoms with Crippen molar-refractivity contribution in [1.29, 1.82) is 0 Å². The van der Waals surface area contributed by atoms with Crippen LogP contribution in [0.2, 0.25) is 0 Å². The van der Waals surface area contributed by atoms with Gasteiger partial charge in [0, 0.05) is 11.9 Å². The van der Waals surface area contributed by atoms with Crippen LogP contribution in [-0.4, -0.2) is 9.97 Å². The van der Waals surface area contributed by atoms with E-state index >= 15 is 0 Å². The zero-order chi connectivity index (χ0) is 12.4. The predicted molar refractivity (Wildman–Crippen MR) is 73.7 cm³/mol. The van der Waals surface area contributed by atoms with Crippen LogP contribution in [0.15, 0.2) is 28.9 Å². The smallest absolute Gasteiger partial charge is 0.144 e. The average molecular weight is 292 g/mol. The Labute approximate surface area is 109 Å². The number of pyridine rings is 2. The quantitative estimate of drug-likeness (QED) is 0.912. The number of hydrogen-bond acceptors (Lipinski definition) is 3. The summed E-state index contributed by atoms with van der Waals surface area (Å²) in [7, 11) is 0. The normalized spacial score (nSPS) is 10.4. The summed E-state index contributed by atoms with van der Waals surface area (Å²) in [6, 6.07) is 6.04. The van der Waals surface area contributed by atoms with E-state index in [1.54, 1.807) is 0 Å². The first-order valence-electron chi connectivity index (χ1n) is 5.39. The van der Waals surface area contributed by atoms with Gasteiger partial charge < -0.3 is 5.32 Å². The number of nitrogens with one attached hydrogen (secondary N) is 1. The molecule has 0 radical (unpaired) electrons. The molecule has 0 aliphatic rings. The molecule has 88 valence electrons. The molecule has 0 atom stereocenters. The van der Waals surface area contributed by atoms with E-state index < -0.39 is 0 Å². The molecule has 17 heavy (non-hydrogen) atoms. The van der Waals surface area contributed by atoms with Crippen LogP contribution in [0.4, 0.5) is 11.5 Å². The Bertz CT molecular complexity index is 503. The first kappa shape index (κ1) is 12.0. The molecule has 0 aliphatic carbocycles. The van der Waals surface area contributed by atoms with E-state index in [-0.39, 0.29) is 0 Å². The average Bonchev–Trinajstić information content (AvgIpc) is 2.25. The molecular weight excluding hydrogens is 278 g/mol. The van der Waals surface area contributed by atoms with Crippen molar-refractivity contribution in [2.75, 3.05) is 5.32 Å². The van der Waals surface area contributed by atoms with Gasteiger partial charge in [0.2, 0.25) is 0 Å². The summed E-state index contributed by atoms with van der Waals surface area (Å²) in [6.45, 7) is 5.98. The summed E-state index contributed by atoms with van der Waals surface area (Å²) in [5.74, 6) is 0.810. The lowest BCUT2D eigenvalue weighted by Crippen LogP contribution is -1.99. The first-order valence-corrected chi connectivity index (χ1v) is 6.19. The standard InChI is InChI=1S/C13H14BrN3/c1-8-6-11(14)13(15-7-8)17-12-5-4-9(2)16-10(12)3/h4-7H,1-3H3,(H,15,17). The minimum absolute atomic E-state index is 0.810. The van der Waals surface area contributed by atoms with Crippen LogP contribution >= 0.6 is 15.9 Å².